The summed E-state index contributed by atoms with van der Waals surface area (Å²) < 4.78 is 28.2. The van der Waals surface area contributed by atoms with Gasteiger partial charge in [0.15, 0.2) is 5.82 Å². The Morgan fingerprint density at radius 1 is 1.03 bits per heavy atom. The standard InChI is InChI=1S/C28H39BFNO4Si/c1-17(2)36(18(3)4,19(5)6)15-14-20-12-11-13-21-24(20)22(16-23(25(21)30)31-26(32)33)29-34-27(7,8)28(9,10)35-29/h11-13,16-19,31H,1-10H3,(H,32,33). The van der Waals surface area contributed by atoms with Gasteiger partial charge in [0.05, 0.1) is 16.9 Å². The van der Waals surface area contributed by atoms with Crippen LogP contribution in [-0.4, -0.2) is 37.6 Å². The topological polar surface area (TPSA) is 67.8 Å². The molecule has 0 bridgehead atoms. The predicted octanol–water partition coefficient (Wildman–Crippen LogP) is 6.94. The van der Waals surface area contributed by atoms with Gasteiger partial charge in [-0.1, -0.05) is 59.6 Å². The predicted molar refractivity (Wildman–Crippen MR) is 149 cm³/mol. The van der Waals surface area contributed by atoms with Crippen molar-refractivity contribution in [2.75, 3.05) is 5.32 Å². The molecule has 36 heavy (non-hydrogen) atoms. The largest absolute Gasteiger partial charge is 0.495 e. The second kappa shape index (κ2) is 9.85. The van der Waals surface area contributed by atoms with E-state index in [1.807, 2.05) is 33.8 Å². The van der Waals surface area contributed by atoms with Crippen molar-refractivity contribution in [3.8, 4) is 11.5 Å². The van der Waals surface area contributed by atoms with Crippen molar-refractivity contribution in [3.05, 3.63) is 35.6 Å². The molecule has 5 nitrogen and oxygen atoms in total. The SMILES string of the molecule is CC(C)[Si](C#Cc1cccc2c(F)c(NC(=O)O)cc(B3OC(C)(C)C(C)(C)O3)c12)(C(C)C)C(C)C. The van der Waals surface area contributed by atoms with Crippen LogP contribution in [0, 0.1) is 17.3 Å². The number of fused-ring (bicyclic) bond motifs is 1. The van der Waals surface area contributed by atoms with Crippen molar-refractivity contribution in [1.82, 2.24) is 0 Å². The lowest BCUT2D eigenvalue weighted by Crippen LogP contribution is -2.43. The fourth-order valence-electron chi connectivity index (χ4n) is 5.56. The minimum absolute atomic E-state index is 0.139. The van der Waals surface area contributed by atoms with E-state index < -0.39 is 38.3 Å². The van der Waals surface area contributed by atoms with Crippen LogP contribution in [0.15, 0.2) is 24.3 Å². The van der Waals surface area contributed by atoms with Gasteiger partial charge in [-0.3, -0.25) is 5.32 Å². The molecule has 1 aliphatic heterocycles. The summed E-state index contributed by atoms with van der Waals surface area (Å²) in [5.41, 5.74) is 4.96. The second-order valence-corrected chi connectivity index (χ2v) is 17.3. The first-order chi connectivity index (χ1) is 16.5. The highest BCUT2D eigenvalue weighted by atomic mass is 28.3. The summed E-state index contributed by atoms with van der Waals surface area (Å²) in [6.45, 7) is 21.3. The lowest BCUT2D eigenvalue weighted by atomic mass is 9.74. The molecular weight excluding hydrogens is 472 g/mol. The molecule has 1 amide bonds. The van der Waals surface area contributed by atoms with Gasteiger partial charge >= 0.3 is 13.2 Å². The smallest absolute Gasteiger partial charge is 0.465 e. The molecule has 2 aromatic carbocycles. The van der Waals surface area contributed by atoms with Crippen molar-refractivity contribution in [2.45, 2.75) is 97.1 Å². The van der Waals surface area contributed by atoms with Gasteiger partial charge in [0.1, 0.15) is 8.07 Å². The number of benzene rings is 2. The number of hydrogen-bond acceptors (Lipinski definition) is 3. The molecule has 0 unspecified atom stereocenters. The van der Waals surface area contributed by atoms with Gasteiger partial charge in [-0.05, 0) is 61.9 Å². The molecule has 0 aliphatic carbocycles. The zero-order valence-electron chi connectivity index (χ0n) is 23.2. The first-order valence-electron chi connectivity index (χ1n) is 12.7. The van der Waals surface area contributed by atoms with Crippen LogP contribution in [0.4, 0.5) is 14.9 Å². The molecule has 0 atom stereocenters. The Kier molecular flexibility index (Phi) is 7.72. The molecule has 2 aromatic rings. The third-order valence-corrected chi connectivity index (χ3v) is 14.4. The molecule has 1 heterocycles. The maximum absolute atomic E-state index is 15.6. The number of amides is 1. The van der Waals surface area contributed by atoms with Crippen molar-refractivity contribution < 1.29 is 23.6 Å². The van der Waals surface area contributed by atoms with Crippen LogP contribution < -0.4 is 10.8 Å². The first kappa shape index (κ1) is 28.2. The fraction of sp³-hybridized carbons (Fsp3) is 0.536. The maximum Gasteiger partial charge on any atom is 0.495 e. The average Bonchev–Trinajstić information content (AvgIpc) is 2.96. The number of nitrogens with one attached hydrogen (secondary N) is 1. The molecule has 8 heteroatoms. The van der Waals surface area contributed by atoms with E-state index in [0.29, 0.717) is 33.0 Å². The Morgan fingerprint density at radius 2 is 1.56 bits per heavy atom. The number of anilines is 1. The summed E-state index contributed by atoms with van der Waals surface area (Å²) in [4.78, 5) is 11.4. The summed E-state index contributed by atoms with van der Waals surface area (Å²) >= 11 is 0. The van der Waals surface area contributed by atoms with Crippen LogP contribution in [0.3, 0.4) is 0 Å². The van der Waals surface area contributed by atoms with Crippen LogP contribution in [0.1, 0.15) is 74.8 Å². The van der Waals surface area contributed by atoms with Crippen LogP contribution in [0.2, 0.25) is 16.6 Å². The normalized spacial score (nSPS) is 17.1. The van der Waals surface area contributed by atoms with E-state index in [1.54, 1.807) is 12.1 Å². The Hall–Kier alpha value is -2.34. The highest BCUT2D eigenvalue weighted by Gasteiger charge is 2.52. The summed E-state index contributed by atoms with van der Waals surface area (Å²) in [5.74, 6) is 2.82. The highest BCUT2D eigenvalue weighted by molar-refractivity contribution is 6.90. The molecule has 1 fully saturated rings. The molecular formula is C28H39BFNO4Si. The summed E-state index contributed by atoms with van der Waals surface area (Å²) in [6.07, 6.45) is -1.34. The summed E-state index contributed by atoms with van der Waals surface area (Å²) in [7, 11) is -2.85. The third-order valence-electron chi connectivity index (χ3n) is 8.15. The van der Waals surface area contributed by atoms with Gasteiger partial charge in [-0.25, -0.2) is 9.18 Å². The van der Waals surface area contributed by atoms with Crippen LogP contribution in [0.25, 0.3) is 10.8 Å². The van der Waals surface area contributed by atoms with Gasteiger partial charge < -0.3 is 14.4 Å². The quantitative estimate of drug-likeness (QED) is 0.337. The zero-order chi connectivity index (χ0) is 27.2. The number of carbonyl (C=O) groups is 1. The molecule has 0 aromatic heterocycles. The van der Waals surface area contributed by atoms with Crippen molar-refractivity contribution >= 4 is 43.2 Å². The molecule has 2 N–H and O–H groups in total. The van der Waals surface area contributed by atoms with E-state index >= 15 is 4.39 Å². The number of hydrogen-bond donors (Lipinski definition) is 2. The van der Waals surface area contributed by atoms with Crippen molar-refractivity contribution in [1.29, 1.82) is 0 Å². The van der Waals surface area contributed by atoms with Crippen molar-refractivity contribution in [2.24, 2.45) is 0 Å². The molecule has 1 aliphatic rings. The zero-order valence-corrected chi connectivity index (χ0v) is 24.2. The number of halogens is 1. The monoisotopic (exact) mass is 511 g/mol. The van der Waals surface area contributed by atoms with Crippen LogP contribution >= 0.6 is 0 Å². The van der Waals surface area contributed by atoms with Crippen LogP contribution in [0.5, 0.6) is 0 Å². The Bertz CT molecular complexity index is 1190. The van der Waals surface area contributed by atoms with Gasteiger partial charge in [0, 0.05) is 16.3 Å². The Morgan fingerprint density at radius 3 is 2.03 bits per heavy atom. The average molecular weight is 512 g/mol. The number of rotatable bonds is 5. The van der Waals surface area contributed by atoms with Gasteiger partial charge in [0.2, 0.25) is 0 Å². The molecule has 3 rings (SSSR count). The van der Waals surface area contributed by atoms with Gasteiger partial charge in [0.25, 0.3) is 0 Å². The number of carboxylic acid groups (broad SMARTS) is 1. The highest BCUT2D eigenvalue weighted by Crippen LogP contribution is 2.41. The third kappa shape index (κ3) is 4.81. The van der Waals surface area contributed by atoms with Crippen molar-refractivity contribution in [3.63, 3.8) is 0 Å². The van der Waals surface area contributed by atoms with E-state index in [4.69, 9.17) is 9.31 Å². The van der Waals surface area contributed by atoms with E-state index in [0.717, 1.165) is 0 Å². The maximum atomic E-state index is 15.6. The molecule has 1 saturated heterocycles. The molecule has 0 radical (unpaired) electrons. The second-order valence-electron chi connectivity index (χ2n) is 11.7. The molecule has 0 saturated carbocycles. The first-order valence-corrected chi connectivity index (χ1v) is 14.9. The lowest BCUT2D eigenvalue weighted by molar-refractivity contribution is 0.00578. The summed E-state index contributed by atoms with van der Waals surface area (Å²) in [5, 5.41) is 12.4. The van der Waals surface area contributed by atoms with E-state index in [2.05, 4.69) is 58.3 Å². The fourth-order valence-corrected chi connectivity index (χ4v) is 10.8. The van der Waals surface area contributed by atoms with E-state index in [1.165, 1.54) is 6.07 Å². The Labute approximate surface area is 216 Å². The van der Waals surface area contributed by atoms with Crippen LogP contribution in [-0.2, 0) is 9.31 Å². The molecule has 194 valence electrons. The molecule has 0 spiro atoms. The van der Waals surface area contributed by atoms with Gasteiger partial charge in [-0.15, -0.1) is 5.54 Å². The summed E-state index contributed by atoms with van der Waals surface area (Å²) in [6, 6.07) is 6.79. The van der Waals surface area contributed by atoms with E-state index in [9.17, 15) is 9.90 Å². The Balaban J connectivity index is 2.34. The minimum Gasteiger partial charge on any atom is -0.465 e. The lowest BCUT2D eigenvalue weighted by Gasteiger charge is -2.38. The van der Waals surface area contributed by atoms with Gasteiger partial charge in [-0.2, -0.15) is 0 Å². The minimum atomic E-state index is -2.05. The van der Waals surface area contributed by atoms with E-state index in [-0.39, 0.29) is 11.1 Å².